The summed E-state index contributed by atoms with van der Waals surface area (Å²) in [5.41, 5.74) is 3.99. The van der Waals surface area contributed by atoms with Gasteiger partial charge in [0.2, 0.25) is 5.91 Å². The Hall–Kier alpha value is -2.02. The van der Waals surface area contributed by atoms with E-state index < -0.39 is 0 Å². The second-order valence-corrected chi connectivity index (χ2v) is 8.68. The summed E-state index contributed by atoms with van der Waals surface area (Å²) >= 11 is 1.54. The predicted molar refractivity (Wildman–Crippen MR) is 99.0 cm³/mol. The highest BCUT2D eigenvalue weighted by atomic mass is 32.1. The molecule has 0 spiro atoms. The fourth-order valence-electron chi connectivity index (χ4n) is 5.37. The average Bonchev–Trinajstić information content (AvgIpc) is 3.29. The topological polar surface area (TPSA) is 75.8 Å². The lowest BCUT2D eigenvalue weighted by Gasteiger charge is -2.39. The van der Waals surface area contributed by atoms with Gasteiger partial charge in [-0.25, -0.2) is 10.4 Å². The van der Waals surface area contributed by atoms with Gasteiger partial charge in [0.25, 0.3) is 0 Å². The van der Waals surface area contributed by atoms with Crippen molar-refractivity contribution >= 4 is 33.7 Å². The molecule has 4 unspecified atom stereocenters. The van der Waals surface area contributed by atoms with Gasteiger partial charge in [0, 0.05) is 29.6 Å². The Labute approximate surface area is 155 Å². The molecule has 7 heteroatoms. The molecule has 5 rings (SSSR count). The summed E-state index contributed by atoms with van der Waals surface area (Å²) in [6, 6.07) is 0. The molecule has 3 fully saturated rings. The summed E-state index contributed by atoms with van der Waals surface area (Å²) in [6.45, 7) is 0. The molecule has 6 nitrogen and oxygen atoms in total. The molecule has 0 aromatic carbocycles. The van der Waals surface area contributed by atoms with Crippen molar-refractivity contribution in [1.82, 2.24) is 14.8 Å². The van der Waals surface area contributed by atoms with Crippen molar-refractivity contribution in [3.05, 3.63) is 23.5 Å². The summed E-state index contributed by atoms with van der Waals surface area (Å²) in [5.74, 6) is 1.53. The van der Waals surface area contributed by atoms with E-state index in [4.69, 9.17) is 0 Å². The molecule has 26 heavy (non-hydrogen) atoms. The molecule has 4 atom stereocenters. The number of fused-ring (bicyclic) bond motifs is 1. The Balaban J connectivity index is 1.31. The zero-order chi connectivity index (χ0) is 17.7. The molecular formula is C19H22N4O2S. The van der Waals surface area contributed by atoms with E-state index in [9.17, 15) is 9.59 Å². The van der Waals surface area contributed by atoms with Crippen LogP contribution in [-0.4, -0.2) is 26.8 Å². The van der Waals surface area contributed by atoms with E-state index in [2.05, 4.69) is 15.5 Å². The number of imidazole rings is 1. The van der Waals surface area contributed by atoms with Crippen LogP contribution in [0.2, 0.25) is 0 Å². The number of Topliss-reactive ketones (excluding diaryl/α,β-unsaturated/α-hetero) is 1. The predicted octanol–water partition coefficient (Wildman–Crippen LogP) is 2.83. The van der Waals surface area contributed by atoms with Gasteiger partial charge in [0.1, 0.15) is 5.71 Å². The van der Waals surface area contributed by atoms with Crippen LogP contribution in [0.1, 0.15) is 44.2 Å². The minimum absolute atomic E-state index is 0.148. The van der Waals surface area contributed by atoms with Gasteiger partial charge in [-0.15, -0.1) is 11.3 Å². The Morgan fingerprint density at radius 2 is 2.08 bits per heavy atom. The number of hydrogen-bond donors (Lipinski definition) is 1. The minimum atomic E-state index is -0.210. The Morgan fingerprint density at radius 3 is 2.88 bits per heavy atom. The van der Waals surface area contributed by atoms with Gasteiger partial charge in [0.15, 0.2) is 10.7 Å². The number of amides is 1. The van der Waals surface area contributed by atoms with Crippen LogP contribution >= 0.6 is 11.3 Å². The molecule has 0 saturated heterocycles. The number of nitrogens with one attached hydrogen (secondary N) is 1. The molecule has 0 bridgehead atoms. The molecule has 3 saturated carbocycles. The third kappa shape index (κ3) is 2.60. The number of hydrazone groups is 1. The lowest BCUT2D eigenvalue weighted by molar-refractivity contribution is -0.120. The average molecular weight is 370 g/mol. The number of carbonyl (C=O) groups excluding carboxylic acids is 2. The van der Waals surface area contributed by atoms with E-state index in [0.29, 0.717) is 17.5 Å². The number of nitrogens with zero attached hydrogens (tertiary/aromatic N) is 3. The van der Waals surface area contributed by atoms with E-state index in [0.717, 1.165) is 29.9 Å². The van der Waals surface area contributed by atoms with Crippen LogP contribution in [0.15, 0.2) is 22.9 Å². The maximum atomic E-state index is 12.8. The molecule has 2 aromatic heterocycles. The van der Waals surface area contributed by atoms with Gasteiger partial charge >= 0.3 is 0 Å². The maximum Gasteiger partial charge on any atom is 0.246 e. The fourth-order valence-corrected chi connectivity index (χ4v) is 6.09. The van der Waals surface area contributed by atoms with Crippen molar-refractivity contribution in [3.8, 4) is 0 Å². The fraction of sp³-hybridized carbons (Fsp3) is 0.579. The van der Waals surface area contributed by atoms with Crippen molar-refractivity contribution in [2.45, 2.75) is 44.9 Å². The Kier molecular flexibility index (Phi) is 3.92. The van der Waals surface area contributed by atoms with E-state index in [1.54, 1.807) is 0 Å². The van der Waals surface area contributed by atoms with Crippen LogP contribution in [0.3, 0.4) is 0 Å². The van der Waals surface area contributed by atoms with Crippen LogP contribution in [-0.2, 0) is 16.0 Å². The molecule has 2 aromatic rings. The first kappa shape index (κ1) is 16.2. The number of aromatic nitrogens is 2. The van der Waals surface area contributed by atoms with Crippen molar-refractivity contribution in [1.29, 1.82) is 0 Å². The van der Waals surface area contributed by atoms with E-state index in [-0.39, 0.29) is 29.9 Å². The Bertz CT molecular complexity index is 868. The number of hydrogen-bond acceptors (Lipinski definition) is 5. The Morgan fingerprint density at radius 1 is 1.27 bits per heavy atom. The molecule has 1 amide bonds. The lowest BCUT2D eigenvalue weighted by Crippen LogP contribution is -2.33. The second kappa shape index (κ2) is 6.30. The van der Waals surface area contributed by atoms with E-state index in [1.807, 2.05) is 22.2 Å². The summed E-state index contributed by atoms with van der Waals surface area (Å²) in [6.07, 6.45) is 10.8. The van der Waals surface area contributed by atoms with Crippen LogP contribution < -0.4 is 5.43 Å². The van der Waals surface area contributed by atoms with Crippen molar-refractivity contribution in [2.75, 3.05) is 0 Å². The highest BCUT2D eigenvalue weighted by Crippen LogP contribution is 2.51. The molecular weight excluding hydrogens is 348 g/mol. The zero-order valence-electron chi connectivity index (χ0n) is 14.6. The monoisotopic (exact) mass is 370 g/mol. The molecule has 3 aliphatic rings. The lowest BCUT2D eigenvalue weighted by atomic mass is 9.65. The molecule has 136 valence electrons. The number of carbonyl (C=O) groups is 2. The van der Waals surface area contributed by atoms with Crippen molar-refractivity contribution in [3.63, 3.8) is 0 Å². The summed E-state index contributed by atoms with van der Waals surface area (Å²) in [5, 5.41) is 6.28. The molecule has 0 aliphatic heterocycles. The van der Waals surface area contributed by atoms with Gasteiger partial charge in [-0.2, -0.15) is 5.10 Å². The van der Waals surface area contributed by atoms with E-state index >= 15 is 0 Å². The van der Waals surface area contributed by atoms with Gasteiger partial charge in [-0.1, -0.05) is 25.7 Å². The van der Waals surface area contributed by atoms with Crippen LogP contribution in [0, 0.1) is 23.7 Å². The zero-order valence-corrected chi connectivity index (χ0v) is 15.4. The molecule has 2 heterocycles. The minimum Gasteiger partial charge on any atom is -0.297 e. The standard InChI is InChI=1S/C19H22N4O2S/c24-15(9-12-10-23-7-8-26-19(23)20-12)21-22-17-13-5-1-3-11-4-2-6-14(16(11)13)18(17)25/h7-8,10-11,13-14,16H,1-6,9H2,(H,21,24)/b22-17-. The highest BCUT2D eigenvalue weighted by molar-refractivity contribution is 7.15. The number of rotatable bonds is 3. The van der Waals surface area contributed by atoms with Gasteiger partial charge in [-0.05, 0) is 24.7 Å². The van der Waals surface area contributed by atoms with Crippen molar-refractivity contribution < 1.29 is 9.59 Å². The number of ketones is 1. The third-order valence-electron chi connectivity index (χ3n) is 6.38. The second-order valence-electron chi connectivity index (χ2n) is 7.81. The van der Waals surface area contributed by atoms with Crippen LogP contribution in [0.4, 0.5) is 0 Å². The quantitative estimate of drug-likeness (QED) is 0.844. The first-order valence-electron chi connectivity index (χ1n) is 9.52. The summed E-state index contributed by atoms with van der Waals surface area (Å²) in [7, 11) is 0. The van der Waals surface area contributed by atoms with E-state index in [1.165, 1.54) is 30.6 Å². The van der Waals surface area contributed by atoms with Gasteiger partial charge in [-0.3, -0.25) is 14.0 Å². The first-order valence-corrected chi connectivity index (χ1v) is 10.4. The summed E-state index contributed by atoms with van der Waals surface area (Å²) < 4.78 is 1.91. The SMILES string of the molecule is O=C(Cc1cn2ccsc2n1)N/N=C1\C(=O)C2CCCC3CCCC1C32. The molecule has 3 aliphatic carbocycles. The van der Waals surface area contributed by atoms with Crippen LogP contribution in [0.25, 0.3) is 4.96 Å². The largest absolute Gasteiger partial charge is 0.297 e. The normalized spacial score (nSPS) is 32.2. The van der Waals surface area contributed by atoms with Gasteiger partial charge in [0.05, 0.1) is 12.1 Å². The molecule has 0 radical (unpaired) electrons. The molecule has 1 N–H and O–H groups in total. The van der Waals surface area contributed by atoms with Crippen molar-refractivity contribution in [2.24, 2.45) is 28.8 Å². The highest BCUT2D eigenvalue weighted by Gasteiger charge is 2.53. The number of thiazole rings is 1. The smallest absolute Gasteiger partial charge is 0.246 e. The summed E-state index contributed by atoms with van der Waals surface area (Å²) in [4.78, 5) is 30.4. The van der Waals surface area contributed by atoms with Crippen LogP contribution in [0.5, 0.6) is 0 Å². The third-order valence-corrected chi connectivity index (χ3v) is 7.15. The van der Waals surface area contributed by atoms with Gasteiger partial charge < -0.3 is 0 Å². The first-order chi connectivity index (χ1) is 12.7. The maximum absolute atomic E-state index is 12.8.